The number of carbonyl (C=O) groups is 1. The van der Waals surface area contributed by atoms with Gasteiger partial charge in [0.1, 0.15) is 33.3 Å². The first-order valence-corrected chi connectivity index (χ1v) is 8.05. The number of azo groups is 1. The minimum Gasteiger partial charge on any atom is -0.507 e. The molecule has 0 aromatic heterocycles. The Morgan fingerprint density at radius 1 is 1.00 bits per heavy atom. The Bertz CT molecular complexity index is 1090. The molecule has 2 rings (SSSR count). The number of benzene rings is 2. The SMILES string of the molecule is O=C(O)c1cc(N=Nc2cc(S(=O)(=O)O)cc([N+](=O)[O-])c2O)c(O)cc1O. The van der Waals surface area contributed by atoms with Crippen molar-refractivity contribution >= 4 is 33.1 Å². The third-order valence-electron chi connectivity index (χ3n) is 3.13. The van der Waals surface area contributed by atoms with E-state index in [1.807, 2.05) is 0 Å². The highest BCUT2D eigenvalue weighted by Crippen LogP contribution is 2.40. The molecule has 0 atom stereocenters. The number of aromatic carboxylic acids is 1. The summed E-state index contributed by atoms with van der Waals surface area (Å²) in [6.07, 6.45) is 0. The normalized spacial score (nSPS) is 11.6. The number of nitrogens with zero attached hydrogens (tertiary/aromatic N) is 3. The lowest BCUT2D eigenvalue weighted by atomic mass is 10.1. The van der Waals surface area contributed by atoms with E-state index in [1.54, 1.807) is 0 Å². The Labute approximate surface area is 149 Å². The average Bonchev–Trinajstić information content (AvgIpc) is 2.53. The molecule has 14 heteroatoms. The number of hydrogen-bond donors (Lipinski definition) is 5. The van der Waals surface area contributed by atoms with E-state index in [-0.39, 0.29) is 0 Å². The van der Waals surface area contributed by atoms with Gasteiger partial charge >= 0.3 is 11.7 Å². The van der Waals surface area contributed by atoms with Gasteiger partial charge < -0.3 is 20.4 Å². The summed E-state index contributed by atoms with van der Waals surface area (Å²) in [5, 5.41) is 55.4. The van der Waals surface area contributed by atoms with Crippen LogP contribution in [0.2, 0.25) is 0 Å². The molecule has 0 aliphatic heterocycles. The van der Waals surface area contributed by atoms with Gasteiger partial charge in [-0.05, 0) is 12.1 Å². The van der Waals surface area contributed by atoms with Gasteiger partial charge in [-0.15, -0.1) is 10.2 Å². The summed E-state index contributed by atoms with van der Waals surface area (Å²) in [5.74, 6) is -4.14. The number of carboxylic acids is 1. The summed E-state index contributed by atoms with van der Waals surface area (Å²) >= 11 is 0. The number of phenols is 3. The van der Waals surface area contributed by atoms with E-state index in [9.17, 15) is 38.6 Å². The quantitative estimate of drug-likeness (QED) is 0.213. The molecule has 0 spiro atoms. The van der Waals surface area contributed by atoms with E-state index in [0.717, 1.165) is 0 Å². The van der Waals surface area contributed by atoms with Gasteiger partial charge in [-0.3, -0.25) is 14.7 Å². The van der Waals surface area contributed by atoms with Gasteiger partial charge in [-0.1, -0.05) is 0 Å². The van der Waals surface area contributed by atoms with Crippen LogP contribution in [0.5, 0.6) is 17.2 Å². The van der Waals surface area contributed by atoms with Gasteiger partial charge in [0.15, 0.2) is 0 Å². The molecule has 0 heterocycles. The first-order chi connectivity index (χ1) is 12.4. The first-order valence-electron chi connectivity index (χ1n) is 6.61. The summed E-state index contributed by atoms with van der Waals surface area (Å²) in [6, 6.07) is 2.32. The lowest BCUT2D eigenvalue weighted by Crippen LogP contribution is -1.99. The van der Waals surface area contributed by atoms with Crippen molar-refractivity contribution in [3.8, 4) is 17.2 Å². The zero-order chi connectivity index (χ0) is 20.5. The summed E-state index contributed by atoms with van der Waals surface area (Å²) in [4.78, 5) is 19.8. The largest absolute Gasteiger partial charge is 0.507 e. The third-order valence-corrected chi connectivity index (χ3v) is 3.96. The number of nitro benzene ring substituents is 1. The fraction of sp³-hybridized carbons (Fsp3) is 0. The van der Waals surface area contributed by atoms with Crippen LogP contribution in [0.3, 0.4) is 0 Å². The molecule has 142 valence electrons. The predicted octanol–water partition coefficient (Wildman–Crippen LogP) is 2.07. The number of phenolic OH excluding ortho intramolecular Hbond substituents is 2. The molecule has 0 bridgehead atoms. The number of nitro groups is 1. The van der Waals surface area contributed by atoms with E-state index in [1.165, 1.54) is 0 Å². The standard InChI is InChI=1S/C13H9N3O10S/c17-10-4-11(18)7(3-6(10)13(20)21)14-15-8-1-5(27(24,25)26)2-9(12(8)19)16(22)23/h1-4,17-19H,(H,20,21)(H,24,25,26). The minimum atomic E-state index is -4.89. The Balaban J connectivity index is 2.64. The highest BCUT2D eigenvalue weighted by molar-refractivity contribution is 7.85. The maximum absolute atomic E-state index is 11.2. The number of hydrogen-bond acceptors (Lipinski definition) is 10. The second-order valence-electron chi connectivity index (χ2n) is 4.91. The van der Waals surface area contributed by atoms with Crippen LogP contribution in [0, 0.1) is 10.1 Å². The van der Waals surface area contributed by atoms with Crippen LogP contribution in [0.1, 0.15) is 10.4 Å². The van der Waals surface area contributed by atoms with Crippen LogP contribution in [0.25, 0.3) is 0 Å². The van der Waals surface area contributed by atoms with E-state index < -0.39 is 65.8 Å². The molecule has 27 heavy (non-hydrogen) atoms. The Hall–Kier alpha value is -3.78. The van der Waals surface area contributed by atoms with Crippen molar-refractivity contribution in [2.75, 3.05) is 0 Å². The zero-order valence-electron chi connectivity index (χ0n) is 12.8. The fourth-order valence-electron chi connectivity index (χ4n) is 1.87. The number of rotatable bonds is 5. The second kappa shape index (κ2) is 6.85. The molecular formula is C13H9N3O10S. The Morgan fingerprint density at radius 2 is 1.59 bits per heavy atom. The van der Waals surface area contributed by atoms with Crippen LogP contribution >= 0.6 is 0 Å². The summed E-state index contributed by atoms with van der Waals surface area (Å²) in [6.45, 7) is 0. The third kappa shape index (κ3) is 4.07. The Kier molecular flexibility index (Phi) is 4.96. The molecule has 0 unspecified atom stereocenters. The monoisotopic (exact) mass is 399 g/mol. The molecule has 13 nitrogen and oxygen atoms in total. The van der Waals surface area contributed by atoms with Crippen LogP contribution < -0.4 is 0 Å². The maximum Gasteiger partial charge on any atom is 0.339 e. The molecule has 0 radical (unpaired) electrons. The number of aromatic hydroxyl groups is 3. The molecular weight excluding hydrogens is 390 g/mol. The van der Waals surface area contributed by atoms with Crippen molar-refractivity contribution in [3.63, 3.8) is 0 Å². The molecule has 0 fully saturated rings. The molecule has 0 saturated heterocycles. The highest BCUT2D eigenvalue weighted by Gasteiger charge is 2.24. The predicted molar refractivity (Wildman–Crippen MR) is 85.5 cm³/mol. The van der Waals surface area contributed by atoms with E-state index >= 15 is 0 Å². The molecule has 2 aromatic carbocycles. The van der Waals surface area contributed by atoms with Crippen molar-refractivity contribution < 1.29 is 43.1 Å². The van der Waals surface area contributed by atoms with Gasteiger partial charge in [-0.25, -0.2) is 4.79 Å². The van der Waals surface area contributed by atoms with Crippen LogP contribution in [0.15, 0.2) is 39.4 Å². The van der Waals surface area contributed by atoms with Crippen molar-refractivity contribution in [2.24, 2.45) is 10.2 Å². The average molecular weight is 399 g/mol. The van der Waals surface area contributed by atoms with Gasteiger partial charge in [0.25, 0.3) is 10.1 Å². The van der Waals surface area contributed by atoms with Crippen LogP contribution in [-0.2, 0) is 10.1 Å². The summed E-state index contributed by atoms with van der Waals surface area (Å²) in [5.41, 5.74) is -3.02. The maximum atomic E-state index is 11.2. The van der Waals surface area contributed by atoms with Gasteiger partial charge in [0.2, 0.25) is 5.75 Å². The zero-order valence-corrected chi connectivity index (χ0v) is 13.7. The first kappa shape index (κ1) is 19.5. The molecule has 0 amide bonds. The van der Waals surface area contributed by atoms with Gasteiger partial charge in [-0.2, -0.15) is 8.42 Å². The van der Waals surface area contributed by atoms with E-state index in [4.69, 9.17) is 9.66 Å². The highest BCUT2D eigenvalue weighted by atomic mass is 32.2. The Morgan fingerprint density at radius 3 is 2.11 bits per heavy atom. The summed E-state index contributed by atoms with van der Waals surface area (Å²) < 4.78 is 31.4. The lowest BCUT2D eigenvalue weighted by Gasteiger charge is -2.05. The number of carboxylic acid groups (broad SMARTS) is 1. The van der Waals surface area contributed by atoms with E-state index in [2.05, 4.69) is 10.2 Å². The van der Waals surface area contributed by atoms with Crippen molar-refractivity contribution in [1.29, 1.82) is 0 Å². The minimum absolute atomic E-state index is 0.393. The second-order valence-corrected chi connectivity index (χ2v) is 6.33. The smallest absolute Gasteiger partial charge is 0.339 e. The van der Waals surface area contributed by atoms with Crippen molar-refractivity contribution in [3.05, 3.63) is 39.9 Å². The van der Waals surface area contributed by atoms with Gasteiger partial charge in [0, 0.05) is 12.1 Å². The van der Waals surface area contributed by atoms with E-state index in [0.29, 0.717) is 24.3 Å². The lowest BCUT2D eigenvalue weighted by molar-refractivity contribution is -0.386. The topological polar surface area (TPSA) is 220 Å². The van der Waals surface area contributed by atoms with Crippen LogP contribution in [0.4, 0.5) is 17.1 Å². The van der Waals surface area contributed by atoms with Crippen molar-refractivity contribution in [2.45, 2.75) is 4.90 Å². The molecule has 5 N–H and O–H groups in total. The van der Waals surface area contributed by atoms with Crippen LogP contribution in [-0.4, -0.2) is 44.3 Å². The van der Waals surface area contributed by atoms with Crippen molar-refractivity contribution in [1.82, 2.24) is 0 Å². The molecule has 0 aliphatic carbocycles. The molecule has 0 saturated carbocycles. The summed E-state index contributed by atoms with van der Waals surface area (Å²) in [7, 11) is -4.89. The molecule has 2 aromatic rings. The van der Waals surface area contributed by atoms with Gasteiger partial charge in [0.05, 0.1) is 4.92 Å². The molecule has 0 aliphatic rings. The fourth-order valence-corrected chi connectivity index (χ4v) is 2.39.